The molecule has 2 rings (SSSR count). The summed E-state index contributed by atoms with van der Waals surface area (Å²) in [6.45, 7) is 2.26. The van der Waals surface area contributed by atoms with Crippen LogP contribution in [0.2, 0.25) is 0 Å². The Kier molecular flexibility index (Phi) is 6.74. The molecule has 0 saturated carbocycles. The summed E-state index contributed by atoms with van der Waals surface area (Å²) in [5.74, 6) is 1.99. The highest BCUT2D eigenvalue weighted by Crippen LogP contribution is 2.35. The van der Waals surface area contributed by atoms with E-state index >= 15 is 0 Å². The summed E-state index contributed by atoms with van der Waals surface area (Å²) < 4.78 is 6.04. The zero-order valence-corrected chi connectivity index (χ0v) is 13.3. The van der Waals surface area contributed by atoms with Crippen LogP contribution >= 0.6 is 11.8 Å². The van der Waals surface area contributed by atoms with Crippen LogP contribution in [0.4, 0.5) is 0 Å². The fourth-order valence-electron chi connectivity index (χ4n) is 2.59. The van der Waals surface area contributed by atoms with Gasteiger partial charge in [-0.2, -0.15) is 0 Å². The first-order chi connectivity index (χ1) is 9.81. The topological polar surface area (TPSA) is 35.2 Å². The Hall–Kier alpha value is -0.670. The predicted octanol–water partition coefficient (Wildman–Crippen LogP) is 4.62. The Balaban J connectivity index is 1.68. The van der Waals surface area contributed by atoms with Crippen LogP contribution in [0, 0.1) is 0 Å². The number of benzene rings is 1. The first kappa shape index (κ1) is 15.7. The Morgan fingerprint density at radius 3 is 2.80 bits per heavy atom. The van der Waals surface area contributed by atoms with E-state index in [4.69, 9.17) is 10.5 Å². The lowest BCUT2D eigenvalue weighted by Crippen LogP contribution is -2.42. The number of hydrogen-bond donors (Lipinski definition) is 1. The van der Waals surface area contributed by atoms with Gasteiger partial charge in [-0.15, -0.1) is 11.8 Å². The number of thioether (sulfide) groups is 1. The molecule has 2 atom stereocenters. The van der Waals surface area contributed by atoms with Gasteiger partial charge in [-0.1, -0.05) is 57.6 Å². The first-order valence-electron chi connectivity index (χ1n) is 7.95. The average molecular weight is 293 g/mol. The number of para-hydroxylation sites is 1. The zero-order valence-electron chi connectivity index (χ0n) is 12.5. The van der Waals surface area contributed by atoms with E-state index in [0.29, 0.717) is 0 Å². The number of rotatable bonds is 8. The number of fused-ring (bicyclic) bond motifs is 1. The van der Waals surface area contributed by atoms with Crippen molar-refractivity contribution in [2.24, 2.45) is 5.73 Å². The predicted molar refractivity (Wildman–Crippen MR) is 87.6 cm³/mol. The first-order valence-corrected chi connectivity index (χ1v) is 8.94. The smallest absolute Gasteiger partial charge is 0.133 e. The van der Waals surface area contributed by atoms with Gasteiger partial charge in [0.2, 0.25) is 0 Å². The van der Waals surface area contributed by atoms with Crippen molar-refractivity contribution in [1.29, 1.82) is 0 Å². The summed E-state index contributed by atoms with van der Waals surface area (Å²) >= 11 is 1.87. The molecule has 0 saturated heterocycles. The highest BCUT2D eigenvalue weighted by atomic mass is 32.2. The minimum Gasteiger partial charge on any atom is -0.487 e. The monoisotopic (exact) mass is 293 g/mol. The molecule has 1 aromatic carbocycles. The zero-order chi connectivity index (χ0) is 14.2. The molecular formula is C17H27NOS. The van der Waals surface area contributed by atoms with Gasteiger partial charge in [0.1, 0.15) is 11.9 Å². The second kappa shape index (κ2) is 8.58. The van der Waals surface area contributed by atoms with Gasteiger partial charge in [-0.05, 0) is 18.6 Å². The van der Waals surface area contributed by atoms with Crippen LogP contribution in [0.5, 0.6) is 5.75 Å². The number of nitrogens with two attached hydrogens (primary N) is 1. The number of hydrogen-bond acceptors (Lipinski definition) is 3. The van der Waals surface area contributed by atoms with Crippen molar-refractivity contribution in [3.63, 3.8) is 0 Å². The molecule has 20 heavy (non-hydrogen) atoms. The SMILES string of the molecule is CCCCCCCCC(N)C1CSc2ccccc2O1. The third-order valence-electron chi connectivity index (χ3n) is 3.90. The van der Waals surface area contributed by atoms with Crippen molar-refractivity contribution in [1.82, 2.24) is 0 Å². The van der Waals surface area contributed by atoms with E-state index < -0.39 is 0 Å². The minimum atomic E-state index is 0.169. The maximum atomic E-state index is 6.31. The minimum absolute atomic E-state index is 0.169. The van der Waals surface area contributed by atoms with Crippen LogP contribution in [-0.2, 0) is 0 Å². The van der Waals surface area contributed by atoms with Crippen LogP contribution in [-0.4, -0.2) is 17.9 Å². The molecule has 0 aliphatic carbocycles. The van der Waals surface area contributed by atoms with Crippen LogP contribution in [0.3, 0.4) is 0 Å². The second-order valence-electron chi connectivity index (χ2n) is 5.63. The van der Waals surface area contributed by atoms with Gasteiger partial charge in [0.15, 0.2) is 0 Å². The van der Waals surface area contributed by atoms with Crippen LogP contribution in [0.15, 0.2) is 29.2 Å². The Morgan fingerprint density at radius 2 is 1.95 bits per heavy atom. The molecule has 0 aromatic heterocycles. The molecule has 2 unspecified atom stereocenters. The van der Waals surface area contributed by atoms with Gasteiger partial charge < -0.3 is 10.5 Å². The second-order valence-corrected chi connectivity index (χ2v) is 6.70. The maximum Gasteiger partial charge on any atom is 0.133 e. The molecule has 3 heteroatoms. The lowest BCUT2D eigenvalue weighted by molar-refractivity contribution is 0.178. The quantitative estimate of drug-likeness (QED) is 0.710. The van der Waals surface area contributed by atoms with Crippen molar-refractivity contribution >= 4 is 11.8 Å². The summed E-state index contributed by atoms with van der Waals surface area (Å²) in [6.07, 6.45) is 9.20. The van der Waals surface area contributed by atoms with Gasteiger partial charge >= 0.3 is 0 Å². The van der Waals surface area contributed by atoms with Crippen molar-refractivity contribution in [2.75, 3.05) is 5.75 Å². The highest BCUT2D eigenvalue weighted by molar-refractivity contribution is 7.99. The molecule has 1 aliphatic rings. The molecule has 0 fully saturated rings. The third-order valence-corrected chi connectivity index (χ3v) is 5.04. The highest BCUT2D eigenvalue weighted by Gasteiger charge is 2.25. The fraction of sp³-hybridized carbons (Fsp3) is 0.647. The van der Waals surface area contributed by atoms with E-state index in [1.165, 1.54) is 43.4 Å². The molecular weight excluding hydrogens is 266 g/mol. The standard InChI is InChI=1S/C17H27NOS/c1-2-3-4-5-6-7-10-14(18)16-13-20-17-12-9-8-11-15(17)19-16/h8-9,11-12,14,16H,2-7,10,13,18H2,1H3. The molecule has 2 N–H and O–H groups in total. The normalized spacial score (nSPS) is 19.2. The molecule has 0 amide bonds. The van der Waals surface area contributed by atoms with Gasteiger partial charge in [0.25, 0.3) is 0 Å². The summed E-state index contributed by atoms with van der Waals surface area (Å²) in [7, 11) is 0. The van der Waals surface area contributed by atoms with E-state index in [9.17, 15) is 0 Å². The van der Waals surface area contributed by atoms with E-state index in [1.54, 1.807) is 0 Å². The van der Waals surface area contributed by atoms with Crippen molar-refractivity contribution in [3.05, 3.63) is 24.3 Å². The number of unbranched alkanes of at least 4 members (excludes halogenated alkanes) is 5. The van der Waals surface area contributed by atoms with E-state index in [-0.39, 0.29) is 12.1 Å². The summed E-state index contributed by atoms with van der Waals surface area (Å²) in [4.78, 5) is 1.25. The fourth-order valence-corrected chi connectivity index (χ4v) is 3.69. The molecule has 1 aliphatic heterocycles. The molecule has 1 heterocycles. The van der Waals surface area contributed by atoms with Gasteiger partial charge in [0, 0.05) is 16.7 Å². The summed E-state index contributed by atoms with van der Waals surface area (Å²) in [5, 5.41) is 0. The van der Waals surface area contributed by atoms with Crippen molar-refractivity contribution < 1.29 is 4.74 Å². The molecule has 0 bridgehead atoms. The van der Waals surface area contributed by atoms with E-state index in [1.807, 2.05) is 23.9 Å². The van der Waals surface area contributed by atoms with Crippen LogP contribution < -0.4 is 10.5 Å². The van der Waals surface area contributed by atoms with Crippen LogP contribution in [0.25, 0.3) is 0 Å². The maximum absolute atomic E-state index is 6.31. The van der Waals surface area contributed by atoms with Gasteiger partial charge in [-0.25, -0.2) is 0 Å². The van der Waals surface area contributed by atoms with E-state index in [0.717, 1.165) is 17.9 Å². The van der Waals surface area contributed by atoms with Crippen molar-refractivity contribution in [3.8, 4) is 5.75 Å². The van der Waals surface area contributed by atoms with Gasteiger partial charge in [0.05, 0.1) is 0 Å². The summed E-state index contributed by atoms with van der Waals surface area (Å²) in [6, 6.07) is 8.43. The van der Waals surface area contributed by atoms with Gasteiger partial charge in [-0.3, -0.25) is 0 Å². The lowest BCUT2D eigenvalue weighted by Gasteiger charge is -2.29. The molecule has 0 radical (unpaired) electrons. The molecule has 2 nitrogen and oxygen atoms in total. The van der Waals surface area contributed by atoms with Crippen LogP contribution in [0.1, 0.15) is 51.9 Å². The lowest BCUT2D eigenvalue weighted by atomic mass is 10.0. The Labute approximate surface area is 127 Å². The van der Waals surface area contributed by atoms with E-state index in [2.05, 4.69) is 19.1 Å². The number of ether oxygens (including phenoxy) is 1. The molecule has 1 aromatic rings. The Bertz CT molecular complexity index is 396. The summed E-state index contributed by atoms with van der Waals surface area (Å²) in [5.41, 5.74) is 6.31. The average Bonchev–Trinajstić information content (AvgIpc) is 2.50. The molecule has 112 valence electrons. The molecule has 0 spiro atoms. The largest absolute Gasteiger partial charge is 0.487 e. The third kappa shape index (κ3) is 4.71. The van der Waals surface area contributed by atoms with Crippen molar-refractivity contribution in [2.45, 2.75) is 68.9 Å². The Morgan fingerprint density at radius 1 is 1.20 bits per heavy atom.